The summed E-state index contributed by atoms with van der Waals surface area (Å²) in [5, 5.41) is 0. The van der Waals surface area contributed by atoms with Gasteiger partial charge >= 0.3 is 5.97 Å². The van der Waals surface area contributed by atoms with E-state index in [0.717, 1.165) is 25.7 Å². The molecule has 1 aliphatic heterocycles. The van der Waals surface area contributed by atoms with Crippen molar-refractivity contribution in [3.05, 3.63) is 11.1 Å². The molecule has 2 aliphatic carbocycles. The monoisotopic (exact) mass is 290 g/mol. The van der Waals surface area contributed by atoms with Gasteiger partial charge in [-0.2, -0.15) is 0 Å². The Balaban J connectivity index is 1.99. The minimum atomic E-state index is -0.0387. The molecule has 5 atom stereocenters. The SMILES string of the molecule is CC(=O)C[C@H]1CCC(C)=C2[C@H]3OC(=O)[C@@H](C)C3CCC21C. The molecule has 0 aromatic heterocycles. The van der Waals surface area contributed by atoms with E-state index in [4.69, 9.17) is 4.74 Å². The third-order valence-corrected chi connectivity index (χ3v) is 6.31. The topological polar surface area (TPSA) is 43.4 Å². The Morgan fingerprint density at radius 2 is 2.10 bits per heavy atom. The predicted octanol–water partition coefficient (Wildman–Crippen LogP) is 3.67. The van der Waals surface area contributed by atoms with E-state index in [1.807, 2.05) is 6.92 Å². The summed E-state index contributed by atoms with van der Waals surface area (Å²) in [5.41, 5.74) is 2.79. The van der Waals surface area contributed by atoms with Crippen LogP contribution in [-0.4, -0.2) is 17.9 Å². The van der Waals surface area contributed by atoms with Gasteiger partial charge in [-0.3, -0.25) is 4.79 Å². The summed E-state index contributed by atoms with van der Waals surface area (Å²) in [7, 11) is 0. The minimum absolute atomic E-state index is 0.0213. The van der Waals surface area contributed by atoms with Crippen LogP contribution in [0.2, 0.25) is 0 Å². The molecule has 0 bridgehead atoms. The third kappa shape index (κ3) is 2.16. The average molecular weight is 290 g/mol. The van der Waals surface area contributed by atoms with E-state index in [9.17, 15) is 9.59 Å². The molecular formula is C18H26O3. The van der Waals surface area contributed by atoms with Crippen molar-refractivity contribution in [2.75, 3.05) is 0 Å². The third-order valence-electron chi connectivity index (χ3n) is 6.31. The van der Waals surface area contributed by atoms with Crippen molar-refractivity contribution < 1.29 is 14.3 Å². The zero-order valence-corrected chi connectivity index (χ0v) is 13.6. The number of ketones is 1. The van der Waals surface area contributed by atoms with Gasteiger partial charge in [0.25, 0.3) is 0 Å². The maximum Gasteiger partial charge on any atom is 0.309 e. The number of rotatable bonds is 2. The first-order valence-corrected chi connectivity index (χ1v) is 8.24. The highest BCUT2D eigenvalue weighted by atomic mass is 16.6. The molecule has 3 heteroatoms. The number of hydrogen-bond donors (Lipinski definition) is 0. The van der Waals surface area contributed by atoms with Crippen LogP contribution in [0.3, 0.4) is 0 Å². The van der Waals surface area contributed by atoms with Crippen molar-refractivity contribution in [1.82, 2.24) is 0 Å². The second-order valence-corrected chi connectivity index (χ2v) is 7.60. The molecule has 0 radical (unpaired) electrons. The molecule has 0 amide bonds. The first kappa shape index (κ1) is 14.8. The molecule has 0 aromatic carbocycles. The molecule has 3 rings (SSSR count). The predicted molar refractivity (Wildman–Crippen MR) is 80.6 cm³/mol. The molecule has 0 aromatic rings. The number of ether oxygens (including phenoxy) is 1. The first-order valence-electron chi connectivity index (χ1n) is 8.24. The van der Waals surface area contributed by atoms with Crippen LogP contribution < -0.4 is 0 Å². The lowest BCUT2D eigenvalue weighted by molar-refractivity contribution is -0.143. The summed E-state index contributed by atoms with van der Waals surface area (Å²) in [6, 6.07) is 0. The number of carbonyl (C=O) groups is 2. The number of carbonyl (C=O) groups excluding carboxylic acids is 2. The molecule has 3 nitrogen and oxygen atoms in total. The van der Waals surface area contributed by atoms with Gasteiger partial charge in [-0.25, -0.2) is 0 Å². The standard InChI is InChI=1S/C18H26O3/c1-10-5-6-13(9-11(2)19)18(4)8-7-14-12(3)17(20)21-16(14)15(10)18/h12-14,16H,5-9H2,1-4H3/t12-,13+,14?,16-,18?/m0/s1. The highest BCUT2D eigenvalue weighted by molar-refractivity contribution is 5.77. The molecule has 1 saturated heterocycles. The van der Waals surface area contributed by atoms with Gasteiger partial charge in [0.05, 0.1) is 5.92 Å². The zero-order chi connectivity index (χ0) is 15.4. The lowest BCUT2D eigenvalue weighted by Crippen LogP contribution is -2.45. The zero-order valence-electron chi connectivity index (χ0n) is 13.6. The van der Waals surface area contributed by atoms with Crippen molar-refractivity contribution in [3.8, 4) is 0 Å². The summed E-state index contributed by atoms with van der Waals surface area (Å²) >= 11 is 0. The molecule has 116 valence electrons. The fourth-order valence-corrected chi connectivity index (χ4v) is 5.03. The second kappa shape index (κ2) is 4.96. The van der Waals surface area contributed by atoms with Gasteiger partial charge in [-0.05, 0) is 56.4 Å². The van der Waals surface area contributed by atoms with E-state index >= 15 is 0 Å². The van der Waals surface area contributed by atoms with Gasteiger partial charge in [0.1, 0.15) is 11.9 Å². The summed E-state index contributed by atoms with van der Waals surface area (Å²) in [6.45, 7) is 8.18. The molecule has 21 heavy (non-hydrogen) atoms. The van der Waals surface area contributed by atoms with Gasteiger partial charge < -0.3 is 9.53 Å². The lowest BCUT2D eigenvalue weighted by Gasteiger charge is -2.50. The summed E-state index contributed by atoms with van der Waals surface area (Å²) in [4.78, 5) is 23.6. The van der Waals surface area contributed by atoms with Crippen LogP contribution in [0.15, 0.2) is 11.1 Å². The summed E-state index contributed by atoms with van der Waals surface area (Å²) < 4.78 is 5.75. The van der Waals surface area contributed by atoms with Gasteiger partial charge in [0.2, 0.25) is 0 Å². The van der Waals surface area contributed by atoms with Gasteiger partial charge in [-0.1, -0.05) is 19.4 Å². The van der Waals surface area contributed by atoms with E-state index in [2.05, 4.69) is 13.8 Å². The van der Waals surface area contributed by atoms with Crippen molar-refractivity contribution in [3.63, 3.8) is 0 Å². The number of Topliss-reactive ketones (excluding diaryl/α,β-unsaturated/α-hetero) is 1. The molecule has 0 spiro atoms. The highest BCUT2D eigenvalue weighted by Crippen LogP contribution is 2.58. The van der Waals surface area contributed by atoms with Crippen molar-refractivity contribution in [2.45, 2.75) is 65.9 Å². The normalized spacial score (nSPS) is 42.4. The number of esters is 1. The molecular weight excluding hydrogens is 264 g/mol. The number of fused-ring (bicyclic) bond motifs is 3. The van der Waals surface area contributed by atoms with Crippen LogP contribution in [0.5, 0.6) is 0 Å². The van der Waals surface area contributed by atoms with Crippen molar-refractivity contribution in [1.29, 1.82) is 0 Å². The Morgan fingerprint density at radius 3 is 2.76 bits per heavy atom. The van der Waals surface area contributed by atoms with Crippen LogP contribution in [0.4, 0.5) is 0 Å². The van der Waals surface area contributed by atoms with E-state index in [1.54, 1.807) is 6.92 Å². The van der Waals surface area contributed by atoms with Crippen LogP contribution in [-0.2, 0) is 14.3 Å². The number of allylic oxidation sites excluding steroid dienone is 1. The van der Waals surface area contributed by atoms with E-state index < -0.39 is 0 Å². The van der Waals surface area contributed by atoms with Crippen molar-refractivity contribution >= 4 is 11.8 Å². The number of hydrogen-bond acceptors (Lipinski definition) is 3. The molecule has 0 N–H and O–H groups in total. The first-order chi connectivity index (χ1) is 9.84. The quantitative estimate of drug-likeness (QED) is 0.575. The van der Waals surface area contributed by atoms with Gasteiger partial charge in [-0.15, -0.1) is 0 Å². The van der Waals surface area contributed by atoms with E-state index in [-0.39, 0.29) is 29.2 Å². The maximum absolute atomic E-state index is 12.0. The Bertz CT molecular complexity index is 519. The van der Waals surface area contributed by atoms with Crippen LogP contribution in [0, 0.1) is 23.2 Å². The average Bonchev–Trinajstić information content (AvgIpc) is 2.68. The highest BCUT2D eigenvalue weighted by Gasteiger charge is 2.55. The van der Waals surface area contributed by atoms with E-state index in [1.165, 1.54) is 11.1 Å². The van der Waals surface area contributed by atoms with Crippen LogP contribution >= 0.6 is 0 Å². The molecule has 2 fully saturated rings. The van der Waals surface area contributed by atoms with Gasteiger partial charge in [0.15, 0.2) is 0 Å². The summed E-state index contributed by atoms with van der Waals surface area (Å²) in [5.74, 6) is 1.01. The van der Waals surface area contributed by atoms with Gasteiger partial charge in [0, 0.05) is 12.3 Å². The van der Waals surface area contributed by atoms with Crippen molar-refractivity contribution in [2.24, 2.45) is 23.2 Å². The van der Waals surface area contributed by atoms with E-state index in [0.29, 0.717) is 18.3 Å². The molecule has 1 heterocycles. The minimum Gasteiger partial charge on any atom is -0.457 e. The molecule has 2 unspecified atom stereocenters. The largest absolute Gasteiger partial charge is 0.457 e. The summed E-state index contributed by atoms with van der Waals surface area (Å²) in [6.07, 6.45) is 4.89. The van der Waals surface area contributed by atoms with Crippen LogP contribution in [0.1, 0.15) is 59.8 Å². The Hall–Kier alpha value is -1.12. The fraction of sp³-hybridized carbons (Fsp3) is 0.778. The smallest absolute Gasteiger partial charge is 0.309 e. The Kier molecular flexibility index (Phi) is 3.50. The lowest BCUT2D eigenvalue weighted by atomic mass is 9.54. The molecule has 3 aliphatic rings. The Morgan fingerprint density at radius 1 is 1.38 bits per heavy atom. The molecule has 1 saturated carbocycles. The maximum atomic E-state index is 12.0. The fourth-order valence-electron chi connectivity index (χ4n) is 5.03. The Labute approximate surface area is 127 Å². The van der Waals surface area contributed by atoms with Crippen LogP contribution in [0.25, 0.3) is 0 Å². The second-order valence-electron chi connectivity index (χ2n) is 7.60.